The first-order valence-electron chi connectivity index (χ1n) is 7.08. The van der Waals surface area contributed by atoms with Gasteiger partial charge in [0.05, 0.1) is 17.3 Å². The Hall–Kier alpha value is -1.07. The van der Waals surface area contributed by atoms with Crippen molar-refractivity contribution in [3.63, 3.8) is 0 Å². The monoisotopic (exact) mass is 296 g/mol. The van der Waals surface area contributed by atoms with E-state index in [2.05, 4.69) is 23.5 Å². The van der Waals surface area contributed by atoms with Gasteiger partial charge in [0.25, 0.3) is 0 Å². The zero-order valence-electron chi connectivity index (χ0n) is 12.5. The zero-order valence-corrected chi connectivity index (χ0v) is 13.2. The molecule has 20 heavy (non-hydrogen) atoms. The first kappa shape index (κ1) is 13.9. The Morgan fingerprint density at radius 1 is 1.50 bits per heavy atom. The molecule has 0 bridgehead atoms. The average molecular weight is 297 g/mol. The Kier molecular flexibility index (Phi) is 3.29. The molecule has 3 rings (SSSR count). The molecular formula is C14H21ClN4O. The zero-order chi connectivity index (χ0) is 14.5. The van der Waals surface area contributed by atoms with Gasteiger partial charge in [0.2, 0.25) is 0 Å². The number of ether oxygens (including phenoxy) is 1. The van der Waals surface area contributed by atoms with Crippen LogP contribution in [-0.4, -0.2) is 37.9 Å². The van der Waals surface area contributed by atoms with Crippen molar-refractivity contribution in [2.45, 2.75) is 45.3 Å². The van der Waals surface area contributed by atoms with Gasteiger partial charge in [0.15, 0.2) is 5.65 Å². The first-order valence-corrected chi connectivity index (χ1v) is 7.61. The van der Waals surface area contributed by atoms with E-state index >= 15 is 0 Å². The molecule has 1 saturated heterocycles. The summed E-state index contributed by atoms with van der Waals surface area (Å²) in [4.78, 5) is 4.79. The van der Waals surface area contributed by atoms with E-state index in [4.69, 9.17) is 21.3 Å². The second-order valence-corrected chi connectivity index (χ2v) is 6.18. The second-order valence-electron chi connectivity index (χ2n) is 5.80. The molecule has 0 aliphatic carbocycles. The fourth-order valence-corrected chi connectivity index (χ4v) is 3.39. The van der Waals surface area contributed by atoms with E-state index < -0.39 is 0 Å². The largest absolute Gasteiger partial charge is 0.376 e. The Labute approximate surface area is 123 Å². The molecule has 2 aromatic heterocycles. The van der Waals surface area contributed by atoms with Crippen LogP contribution < -0.4 is 0 Å². The number of rotatable bonds is 3. The predicted octanol–water partition coefficient (Wildman–Crippen LogP) is 2.38. The highest BCUT2D eigenvalue weighted by Crippen LogP contribution is 2.37. The third-order valence-corrected chi connectivity index (χ3v) is 4.74. The molecule has 1 fully saturated rings. The minimum Gasteiger partial charge on any atom is -0.376 e. The molecule has 5 nitrogen and oxygen atoms in total. The summed E-state index contributed by atoms with van der Waals surface area (Å²) in [6, 6.07) is 0. The summed E-state index contributed by atoms with van der Waals surface area (Å²) < 4.78 is 10.0. The van der Waals surface area contributed by atoms with E-state index in [1.807, 2.05) is 18.7 Å². The lowest BCUT2D eigenvalue weighted by Crippen LogP contribution is -2.38. The first-order chi connectivity index (χ1) is 9.49. The van der Waals surface area contributed by atoms with Crippen LogP contribution in [0.3, 0.4) is 0 Å². The van der Waals surface area contributed by atoms with Crippen molar-refractivity contribution in [2.75, 3.05) is 12.5 Å². The summed E-state index contributed by atoms with van der Waals surface area (Å²) in [5.74, 6) is 1.60. The summed E-state index contributed by atoms with van der Waals surface area (Å²) in [5, 5.41) is 4.50. The van der Waals surface area contributed by atoms with Crippen LogP contribution in [0.4, 0.5) is 0 Å². The van der Waals surface area contributed by atoms with Gasteiger partial charge in [-0.25, -0.2) is 4.98 Å². The van der Waals surface area contributed by atoms with Gasteiger partial charge in [-0.1, -0.05) is 0 Å². The van der Waals surface area contributed by atoms with E-state index in [-0.39, 0.29) is 11.6 Å². The maximum absolute atomic E-state index is 5.96. The van der Waals surface area contributed by atoms with Gasteiger partial charge >= 0.3 is 0 Å². The highest BCUT2D eigenvalue weighted by atomic mass is 35.5. The van der Waals surface area contributed by atoms with Gasteiger partial charge in [-0.2, -0.15) is 5.10 Å². The van der Waals surface area contributed by atoms with E-state index in [1.54, 1.807) is 0 Å². The van der Waals surface area contributed by atoms with E-state index in [0.29, 0.717) is 5.88 Å². The molecule has 2 atom stereocenters. The van der Waals surface area contributed by atoms with Gasteiger partial charge < -0.3 is 9.30 Å². The Morgan fingerprint density at radius 3 is 2.85 bits per heavy atom. The van der Waals surface area contributed by atoms with Crippen molar-refractivity contribution in [1.29, 1.82) is 0 Å². The minimum atomic E-state index is -0.0869. The van der Waals surface area contributed by atoms with Crippen molar-refractivity contribution in [3.05, 3.63) is 11.5 Å². The molecule has 0 spiro atoms. The van der Waals surface area contributed by atoms with Crippen LogP contribution in [0.15, 0.2) is 0 Å². The molecule has 0 radical (unpaired) electrons. The van der Waals surface area contributed by atoms with Gasteiger partial charge in [-0.3, -0.25) is 4.68 Å². The lowest BCUT2D eigenvalue weighted by Gasteiger charge is -2.31. The van der Waals surface area contributed by atoms with Crippen LogP contribution in [0.5, 0.6) is 0 Å². The lowest BCUT2D eigenvalue weighted by atomic mass is 9.94. The number of aryl methyl sites for hydroxylation is 3. The van der Waals surface area contributed by atoms with Crippen molar-refractivity contribution >= 4 is 22.8 Å². The van der Waals surface area contributed by atoms with Gasteiger partial charge in [0.1, 0.15) is 11.3 Å². The molecule has 1 aliphatic heterocycles. The standard InChI is InChI=1S/C14H21ClN4O/c1-9-12-13(18(4)17-9)19(11(16-12)5-7-15)14(3)6-8-20-10(14)2/h10H,5-8H2,1-4H3. The summed E-state index contributed by atoms with van der Waals surface area (Å²) in [6.45, 7) is 7.16. The van der Waals surface area contributed by atoms with Crippen LogP contribution >= 0.6 is 11.6 Å². The maximum Gasteiger partial charge on any atom is 0.159 e. The van der Waals surface area contributed by atoms with Crippen molar-refractivity contribution in [1.82, 2.24) is 19.3 Å². The van der Waals surface area contributed by atoms with Crippen molar-refractivity contribution in [2.24, 2.45) is 7.05 Å². The van der Waals surface area contributed by atoms with Crippen LogP contribution in [0.2, 0.25) is 0 Å². The maximum atomic E-state index is 5.96. The number of hydrogen-bond acceptors (Lipinski definition) is 3. The SMILES string of the molecule is Cc1nn(C)c2c1nc(CCCl)n2C1(C)CCOC1C. The third kappa shape index (κ3) is 1.79. The molecule has 2 aromatic rings. The highest BCUT2D eigenvalue weighted by molar-refractivity contribution is 6.17. The fourth-order valence-electron chi connectivity index (χ4n) is 3.23. The Bertz CT molecular complexity index is 647. The van der Waals surface area contributed by atoms with Crippen LogP contribution in [-0.2, 0) is 23.7 Å². The minimum absolute atomic E-state index is 0.0869. The molecule has 1 aliphatic rings. The van der Waals surface area contributed by atoms with Gasteiger partial charge in [0, 0.05) is 26.0 Å². The smallest absolute Gasteiger partial charge is 0.159 e. The van der Waals surface area contributed by atoms with E-state index in [0.717, 1.165) is 42.1 Å². The van der Waals surface area contributed by atoms with Crippen molar-refractivity contribution in [3.8, 4) is 0 Å². The average Bonchev–Trinajstić information content (AvgIpc) is 2.99. The third-order valence-electron chi connectivity index (χ3n) is 4.55. The van der Waals surface area contributed by atoms with Gasteiger partial charge in [-0.15, -0.1) is 11.6 Å². The summed E-state index contributed by atoms with van der Waals surface area (Å²) in [7, 11) is 1.97. The molecule has 2 unspecified atom stereocenters. The number of imidazole rings is 1. The van der Waals surface area contributed by atoms with Gasteiger partial charge in [-0.05, 0) is 27.2 Å². The quantitative estimate of drug-likeness (QED) is 0.817. The number of alkyl halides is 1. The summed E-state index contributed by atoms with van der Waals surface area (Å²) in [6.07, 6.45) is 1.90. The Balaban J connectivity index is 2.28. The normalized spacial score (nSPS) is 26.8. The highest BCUT2D eigenvalue weighted by Gasteiger charge is 2.42. The predicted molar refractivity (Wildman–Crippen MR) is 79.3 cm³/mol. The van der Waals surface area contributed by atoms with Crippen LogP contribution in [0.25, 0.3) is 11.2 Å². The number of hydrogen-bond donors (Lipinski definition) is 0. The second kappa shape index (κ2) is 4.74. The van der Waals surface area contributed by atoms with E-state index in [1.165, 1.54) is 0 Å². The Morgan fingerprint density at radius 2 is 2.25 bits per heavy atom. The molecule has 0 saturated carbocycles. The number of nitrogens with zero attached hydrogens (tertiary/aromatic N) is 4. The molecule has 3 heterocycles. The molecule has 110 valence electrons. The van der Waals surface area contributed by atoms with Crippen molar-refractivity contribution < 1.29 is 4.74 Å². The molecular weight excluding hydrogens is 276 g/mol. The number of fused-ring (bicyclic) bond motifs is 1. The van der Waals surface area contributed by atoms with E-state index in [9.17, 15) is 0 Å². The molecule has 0 N–H and O–H groups in total. The summed E-state index contributed by atoms with van der Waals surface area (Å²) >= 11 is 5.96. The number of halogens is 1. The topological polar surface area (TPSA) is 44.9 Å². The lowest BCUT2D eigenvalue weighted by molar-refractivity contribution is 0.0760. The molecule has 0 amide bonds. The fraction of sp³-hybridized carbons (Fsp3) is 0.714. The van der Waals surface area contributed by atoms with Crippen LogP contribution in [0.1, 0.15) is 31.8 Å². The molecule has 0 aromatic carbocycles. The summed E-state index contributed by atoms with van der Waals surface area (Å²) in [5.41, 5.74) is 2.93. The molecule has 6 heteroatoms. The number of aromatic nitrogens is 4. The van der Waals surface area contributed by atoms with Crippen LogP contribution in [0, 0.1) is 6.92 Å².